The van der Waals surface area contributed by atoms with E-state index >= 15 is 0 Å². The average molecular weight is 969 g/mol. The number of carbonyl (C=O) groups is 3. The van der Waals surface area contributed by atoms with Gasteiger partial charge in [-0.3, -0.25) is 14.4 Å². The van der Waals surface area contributed by atoms with Gasteiger partial charge in [0.05, 0.1) is 13.2 Å². The van der Waals surface area contributed by atoms with E-state index in [1.807, 2.05) is 0 Å². The van der Waals surface area contributed by atoms with Crippen LogP contribution in [0.25, 0.3) is 0 Å². The maximum Gasteiger partial charge on any atom is 0.199 e. The Hall–Kier alpha value is -11.8. The zero-order valence-corrected chi connectivity index (χ0v) is 41.0. The maximum absolute atomic E-state index is 13.0. The number of hydrogen-bond acceptors (Lipinski definition) is 9. The number of ketones is 3. The third-order valence-electron chi connectivity index (χ3n) is 6.56. The van der Waals surface area contributed by atoms with Crippen molar-refractivity contribution < 1.29 is 42.8 Å². The molecule has 0 saturated heterocycles. The van der Waals surface area contributed by atoms with Gasteiger partial charge in [0.25, 0.3) is 0 Å². The number of Topliss-reactive ketones (excluding diaryl/α,β-unsaturated/α-hetero) is 3. The van der Waals surface area contributed by atoms with Gasteiger partial charge in [-0.25, -0.2) is 0 Å². The molecule has 350 valence electrons. The molecule has 0 aliphatic carbocycles. The van der Waals surface area contributed by atoms with E-state index in [9.17, 15) is 14.4 Å². The summed E-state index contributed by atoms with van der Waals surface area (Å²) in [5.74, 6) is 119. The minimum atomic E-state index is -1.24. The van der Waals surface area contributed by atoms with Crippen LogP contribution < -0.4 is 0 Å². The zero-order valence-electron chi connectivity index (χ0n) is 41.0. The summed E-state index contributed by atoms with van der Waals surface area (Å²) in [5.41, 5.74) is 0. The summed E-state index contributed by atoms with van der Waals surface area (Å²) in [4.78, 5) is 38.8. The van der Waals surface area contributed by atoms with Gasteiger partial charge in [0.1, 0.15) is 25.9 Å². The number of methoxy groups -OCH3 is 3. The van der Waals surface area contributed by atoms with Gasteiger partial charge in [0.2, 0.25) is 0 Å². The van der Waals surface area contributed by atoms with Gasteiger partial charge >= 0.3 is 0 Å². The van der Waals surface area contributed by atoms with Crippen molar-refractivity contribution in [2.24, 2.45) is 0 Å². The highest BCUT2D eigenvalue weighted by molar-refractivity contribution is 5.88. The van der Waals surface area contributed by atoms with E-state index in [1.165, 1.54) is 21.3 Å². The van der Waals surface area contributed by atoms with Crippen molar-refractivity contribution in [2.75, 3.05) is 54.4 Å². The molecule has 0 saturated carbocycles. The van der Waals surface area contributed by atoms with Crippen LogP contribution in [0.2, 0.25) is 0 Å². The maximum atomic E-state index is 13.0. The Morgan fingerprint density at radius 3 is 0.667 bits per heavy atom. The molecule has 9 nitrogen and oxygen atoms in total. The summed E-state index contributed by atoms with van der Waals surface area (Å²) in [6.07, 6.45) is -4.66. The van der Waals surface area contributed by atoms with Crippen LogP contribution in [0.1, 0.15) is 20.8 Å². The Kier molecular flexibility index (Phi) is 42.2. The fourth-order valence-electron chi connectivity index (χ4n) is 3.58. The van der Waals surface area contributed by atoms with Gasteiger partial charge in [-0.1, -0.05) is 17.8 Å². The first kappa shape index (κ1) is 63.2. The molecule has 0 aromatic rings. The van der Waals surface area contributed by atoms with Gasteiger partial charge in [-0.2, -0.15) is 0 Å². The quantitative estimate of drug-likeness (QED) is 0.191. The Balaban J connectivity index is 5.89. The summed E-state index contributed by atoms with van der Waals surface area (Å²) in [5, 5.41) is 0. The Morgan fingerprint density at radius 2 is 0.467 bits per heavy atom. The topological polar surface area (TPSA) is 107 Å². The van der Waals surface area contributed by atoms with Gasteiger partial charge in [0, 0.05) is 21.3 Å². The summed E-state index contributed by atoms with van der Waals surface area (Å²) in [7, 11) is 3.82. The third kappa shape index (κ3) is 41.0. The number of rotatable bonds is 17. The smallest absolute Gasteiger partial charge is 0.199 e. The lowest BCUT2D eigenvalue weighted by molar-refractivity contribution is -0.142. The second-order valence-corrected chi connectivity index (χ2v) is 11.6. The van der Waals surface area contributed by atoms with Crippen LogP contribution in [0.5, 0.6) is 0 Å². The Labute approximate surface area is 442 Å². The first-order valence-corrected chi connectivity index (χ1v) is 20.6. The highest BCUT2D eigenvalue weighted by Gasteiger charge is 2.22. The van der Waals surface area contributed by atoms with E-state index in [-0.39, 0.29) is 13.2 Å². The fourth-order valence-corrected chi connectivity index (χ4v) is 3.58. The lowest BCUT2D eigenvalue weighted by Gasteiger charge is -2.19. The van der Waals surface area contributed by atoms with Gasteiger partial charge < -0.3 is 28.4 Å². The average Bonchev–Trinajstić information content (AvgIpc) is 3.41. The standard InChI is InChI=1S/C66H32O9/c1-7-10-13-16-19-22-25-28-31-34-37-40-43-46-49-52-64(70-4)61(67)57-73-55-60(75-59-63(69)66(72-6)54-51-48-45-42-39-36-33-30-27-24-21-18-15-12-9-3)56-74-58-62(68)65(71-5)53-50-47-44-41-38-35-32-29-26-23-20-17-14-11-8-2/h60,64-66H,55-59H2,1-6H3. The van der Waals surface area contributed by atoms with Crippen molar-refractivity contribution in [1.29, 1.82) is 0 Å². The highest BCUT2D eigenvalue weighted by atomic mass is 16.6. The lowest BCUT2D eigenvalue weighted by atomic mass is 10.2. The van der Waals surface area contributed by atoms with Crippen molar-refractivity contribution in [3.05, 3.63) is 0 Å². The van der Waals surface area contributed by atoms with E-state index in [2.05, 4.69) is 284 Å². The predicted molar refractivity (Wildman–Crippen MR) is 282 cm³/mol. The lowest BCUT2D eigenvalue weighted by Crippen LogP contribution is -2.35. The van der Waals surface area contributed by atoms with Crippen LogP contribution in [0.4, 0.5) is 0 Å². The molecule has 0 aromatic heterocycles. The van der Waals surface area contributed by atoms with Crippen molar-refractivity contribution in [3.8, 4) is 284 Å². The van der Waals surface area contributed by atoms with Crippen molar-refractivity contribution in [1.82, 2.24) is 0 Å². The minimum Gasteiger partial charge on any atom is -0.371 e. The number of ether oxygens (including phenoxy) is 6. The Morgan fingerprint density at radius 1 is 0.280 bits per heavy atom. The summed E-state index contributed by atoms with van der Waals surface area (Å²) >= 11 is 0. The van der Waals surface area contributed by atoms with Gasteiger partial charge in [-0.05, 0) is 287 Å². The molecular weight excluding hydrogens is 937 g/mol. The molecule has 3 atom stereocenters. The van der Waals surface area contributed by atoms with Crippen LogP contribution in [-0.4, -0.2) is 96.1 Å². The molecule has 0 spiro atoms. The molecule has 0 aliphatic rings. The molecule has 0 bridgehead atoms. The summed E-state index contributed by atoms with van der Waals surface area (Å²) < 4.78 is 32.5. The van der Waals surface area contributed by atoms with Crippen LogP contribution in [0.15, 0.2) is 0 Å². The van der Waals surface area contributed by atoms with Crippen LogP contribution in [0, 0.1) is 284 Å². The van der Waals surface area contributed by atoms with Crippen molar-refractivity contribution in [2.45, 2.75) is 45.2 Å². The molecule has 0 fully saturated rings. The molecule has 0 heterocycles. The van der Waals surface area contributed by atoms with E-state index in [4.69, 9.17) is 28.4 Å². The van der Waals surface area contributed by atoms with Gasteiger partial charge in [-0.15, -0.1) is 0 Å². The summed E-state index contributed by atoms with van der Waals surface area (Å²) in [6.45, 7) is 2.89. The van der Waals surface area contributed by atoms with Crippen molar-refractivity contribution >= 4 is 17.3 Å². The fraction of sp³-hybridized carbons (Fsp3) is 0.227. The number of carbonyl (C=O) groups excluding carboxylic acids is 3. The van der Waals surface area contributed by atoms with Crippen LogP contribution in [0.3, 0.4) is 0 Å². The largest absolute Gasteiger partial charge is 0.371 e. The monoisotopic (exact) mass is 968 g/mol. The minimum absolute atomic E-state index is 0.287. The third-order valence-corrected chi connectivity index (χ3v) is 6.56. The molecule has 0 N–H and O–H groups in total. The Bertz CT molecular complexity index is 3630. The molecule has 3 unspecified atom stereocenters. The first-order chi connectivity index (χ1) is 36.9. The van der Waals surface area contributed by atoms with Crippen LogP contribution in [-0.2, 0) is 42.8 Å². The van der Waals surface area contributed by atoms with Crippen LogP contribution >= 0.6 is 0 Å². The van der Waals surface area contributed by atoms with E-state index in [1.54, 1.807) is 20.8 Å². The second-order valence-electron chi connectivity index (χ2n) is 11.6. The second kappa shape index (κ2) is 50.1. The predicted octanol–water partition coefficient (Wildman–Crippen LogP) is 0.298. The molecule has 0 aromatic carbocycles. The molecule has 0 amide bonds. The van der Waals surface area contributed by atoms with E-state index < -0.39 is 61.6 Å². The molecule has 0 radical (unpaired) electrons. The van der Waals surface area contributed by atoms with Gasteiger partial charge in [0.15, 0.2) is 35.7 Å². The zero-order chi connectivity index (χ0) is 54.8. The van der Waals surface area contributed by atoms with E-state index in [0.29, 0.717) is 0 Å². The van der Waals surface area contributed by atoms with Crippen molar-refractivity contribution in [3.63, 3.8) is 0 Å². The normalized spacial score (nSPS) is 8.24. The molecular formula is C66H32O9. The molecule has 0 aliphatic heterocycles. The molecule has 9 heteroatoms. The van der Waals surface area contributed by atoms with E-state index in [0.717, 1.165) is 0 Å². The molecule has 75 heavy (non-hydrogen) atoms. The molecule has 0 rings (SSSR count). The number of hydrogen-bond donors (Lipinski definition) is 0. The SMILES string of the molecule is CC#CC#CC#CC#CC#CC#CC#CC#CC(OC)C(=O)COCC(COCC(=O)C(C#CC#CC#CC#CC#CC#CC#CC#CC)OC)OCC(=O)C(C#CC#CC#CC#CC#CC#CC#CC#CC)OC. The highest BCUT2D eigenvalue weighted by Crippen LogP contribution is 2.02. The first-order valence-electron chi connectivity index (χ1n) is 20.6. The summed E-state index contributed by atoms with van der Waals surface area (Å²) in [6, 6.07) is 0.